The Labute approximate surface area is 200 Å². The van der Waals surface area contributed by atoms with Gasteiger partial charge in [-0.15, -0.1) is 0 Å². The summed E-state index contributed by atoms with van der Waals surface area (Å²) in [6.45, 7) is 5.31. The van der Waals surface area contributed by atoms with E-state index in [1.165, 1.54) is 0 Å². The van der Waals surface area contributed by atoms with Gasteiger partial charge in [0.05, 0.1) is 5.92 Å². The Bertz CT molecular complexity index is 1010. The average Bonchev–Trinajstić information content (AvgIpc) is 3.08. The molecule has 0 saturated heterocycles. The number of aryl methyl sites for hydroxylation is 1. The standard InChI is InChI=1S/C24H29ClF5N3O/c1-4-19-32-20(23(34)31-12-15-7-5-13(2)6-8-15)22(25)33(19)21-17(26)10-16(11-18(21)27)9-14(3)24(28,29)30/h10-11,13-15H,4-9,12H2,1-3H3,(H,31,34)/t13?,14-,15?/m0/s1. The smallest absolute Gasteiger partial charge is 0.350 e. The molecule has 1 fully saturated rings. The van der Waals surface area contributed by atoms with Crippen LogP contribution < -0.4 is 5.32 Å². The van der Waals surface area contributed by atoms with Crippen molar-refractivity contribution >= 4 is 17.5 Å². The molecule has 3 rings (SSSR count). The summed E-state index contributed by atoms with van der Waals surface area (Å²) in [4.78, 5) is 17.0. The summed E-state index contributed by atoms with van der Waals surface area (Å²) in [7, 11) is 0. The number of alkyl halides is 3. The van der Waals surface area contributed by atoms with Crippen LogP contribution >= 0.6 is 11.6 Å². The Morgan fingerprint density at radius 2 is 1.79 bits per heavy atom. The van der Waals surface area contributed by atoms with Crippen LogP contribution in [-0.2, 0) is 12.8 Å². The van der Waals surface area contributed by atoms with Gasteiger partial charge in [0.25, 0.3) is 5.91 Å². The molecular formula is C24H29ClF5N3O. The highest BCUT2D eigenvalue weighted by atomic mass is 35.5. The minimum Gasteiger partial charge on any atom is -0.350 e. The largest absolute Gasteiger partial charge is 0.391 e. The lowest BCUT2D eigenvalue weighted by molar-refractivity contribution is -0.169. The molecule has 1 aliphatic carbocycles. The summed E-state index contributed by atoms with van der Waals surface area (Å²) in [6.07, 6.45) is -0.590. The van der Waals surface area contributed by atoms with E-state index < -0.39 is 41.7 Å². The van der Waals surface area contributed by atoms with Gasteiger partial charge in [-0.25, -0.2) is 13.8 Å². The monoisotopic (exact) mass is 505 g/mol. The maximum absolute atomic E-state index is 14.9. The van der Waals surface area contributed by atoms with Gasteiger partial charge in [0.1, 0.15) is 16.7 Å². The molecule has 10 heteroatoms. The molecular weight excluding hydrogens is 477 g/mol. The first-order chi connectivity index (χ1) is 15.9. The van der Waals surface area contributed by atoms with Crippen LogP contribution in [0.15, 0.2) is 12.1 Å². The molecule has 188 valence electrons. The quantitative estimate of drug-likeness (QED) is 0.427. The van der Waals surface area contributed by atoms with Crippen LogP contribution in [0.4, 0.5) is 22.0 Å². The second-order valence-electron chi connectivity index (χ2n) is 9.25. The third-order valence-electron chi connectivity index (χ3n) is 6.51. The van der Waals surface area contributed by atoms with Crippen molar-refractivity contribution in [2.75, 3.05) is 6.54 Å². The van der Waals surface area contributed by atoms with Crippen molar-refractivity contribution in [3.8, 4) is 5.69 Å². The van der Waals surface area contributed by atoms with E-state index in [9.17, 15) is 26.7 Å². The van der Waals surface area contributed by atoms with Gasteiger partial charge in [-0.1, -0.05) is 45.2 Å². The summed E-state index contributed by atoms with van der Waals surface area (Å²) < 4.78 is 69.5. The number of hydrogen-bond donors (Lipinski definition) is 1. The van der Waals surface area contributed by atoms with Crippen LogP contribution in [0.5, 0.6) is 0 Å². The van der Waals surface area contributed by atoms with Crippen molar-refractivity contribution in [1.29, 1.82) is 0 Å². The van der Waals surface area contributed by atoms with Gasteiger partial charge in [0.2, 0.25) is 0 Å². The molecule has 1 amide bonds. The Morgan fingerprint density at radius 3 is 2.32 bits per heavy atom. The van der Waals surface area contributed by atoms with Crippen LogP contribution in [-0.4, -0.2) is 28.2 Å². The Morgan fingerprint density at radius 1 is 1.21 bits per heavy atom. The van der Waals surface area contributed by atoms with Gasteiger partial charge >= 0.3 is 6.18 Å². The number of nitrogens with zero attached hydrogens (tertiary/aromatic N) is 2. The first-order valence-corrected chi connectivity index (χ1v) is 11.9. The van der Waals surface area contributed by atoms with Crippen molar-refractivity contribution in [2.45, 2.75) is 65.5 Å². The number of carbonyl (C=O) groups excluding carboxylic acids is 1. The van der Waals surface area contributed by atoms with Gasteiger partial charge in [0.15, 0.2) is 17.3 Å². The molecule has 1 aromatic carbocycles. The van der Waals surface area contributed by atoms with Crippen LogP contribution in [0.1, 0.15) is 68.3 Å². The number of halogens is 6. The SMILES string of the molecule is CCc1nc(C(=O)NCC2CCC(C)CC2)c(Cl)n1-c1c(F)cc(C[C@H](C)C(F)(F)F)cc1F. The maximum atomic E-state index is 14.9. The van der Waals surface area contributed by atoms with E-state index >= 15 is 0 Å². The van der Waals surface area contributed by atoms with Crippen molar-refractivity contribution in [2.24, 2.45) is 17.8 Å². The second-order valence-corrected chi connectivity index (χ2v) is 9.61. The fourth-order valence-corrected chi connectivity index (χ4v) is 4.64. The van der Waals surface area contributed by atoms with Crippen LogP contribution in [0, 0.1) is 29.4 Å². The predicted octanol–water partition coefficient (Wildman–Crippen LogP) is 6.66. The number of hydrogen-bond acceptors (Lipinski definition) is 2. The molecule has 1 N–H and O–H groups in total. The molecule has 2 aromatic rings. The summed E-state index contributed by atoms with van der Waals surface area (Å²) in [5.41, 5.74) is -0.841. The van der Waals surface area contributed by atoms with Crippen molar-refractivity contribution < 1.29 is 26.7 Å². The normalized spacial score (nSPS) is 19.8. The first-order valence-electron chi connectivity index (χ1n) is 11.5. The highest BCUT2D eigenvalue weighted by Gasteiger charge is 2.36. The second kappa shape index (κ2) is 10.6. The van der Waals surface area contributed by atoms with Crippen molar-refractivity contribution in [3.05, 3.63) is 46.0 Å². The molecule has 0 aliphatic heterocycles. The molecule has 1 aliphatic rings. The van der Waals surface area contributed by atoms with E-state index in [0.717, 1.165) is 49.3 Å². The van der Waals surface area contributed by atoms with Crippen molar-refractivity contribution in [3.63, 3.8) is 0 Å². The predicted molar refractivity (Wildman–Crippen MR) is 120 cm³/mol. The third-order valence-corrected chi connectivity index (χ3v) is 6.86. The summed E-state index contributed by atoms with van der Waals surface area (Å²) in [6, 6.07) is 1.72. The number of amides is 1. The minimum atomic E-state index is -4.48. The number of nitrogens with one attached hydrogen (secondary N) is 1. The molecule has 34 heavy (non-hydrogen) atoms. The van der Waals surface area contributed by atoms with Gasteiger partial charge in [-0.2, -0.15) is 13.2 Å². The maximum Gasteiger partial charge on any atom is 0.391 e. The molecule has 1 aromatic heterocycles. The van der Waals surface area contributed by atoms with E-state index in [-0.39, 0.29) is 28.7 Å². The molecule has 1 atom stereocenters. The third kappa shape index (κ3) is 5.90. The minimum absolute atomic E-state index is 0.127. The van der Waals surface area contributed by atoms with E-state index in [2.05, 4.69) is 17.2 Å². The topological polar surface area (TPSA) is 46.9 Å². The van der Waals surface area contributed by atoms with Gasteiger partial charge in [-0.3, -0.25) is 9.36 Å². The van der Waals surface area contributed by atoms with Crippen LogP contribution in [0.2, 0.25) is 5.15 Å². The lowest BCUT2D eigenvalue weighted by atomic mass is 9.83. The zero-order valence-corrected chi connectivity index (χ0v) is 20.2. The van der Waals surface area contributed by atoms with E-state index in [0.29, 0.717) is 18.4 Å². The zero-order chi connectivity index (χ0) is 25.2. The molecule has 4 nitrogen and oxygen atoms in total. The molecule has 0 radical (unpaired) electrons. The first kappa shape index (κ1) is 26.4. The molecule has 0 unspecified atom stereocenters. The number of aromatic nitrogens is 2. The average molecular weight is 506 g/mol. The Hall–Kier alpha value is -2.16. The number of carbonyl (C=O) groups is 1. The van der Waals surface area contributed by atoms with E-state index in [1.807, 2.05) is 0 Å². The summed E-state index contributed by atoms with van der Waals surface area (Å²) in [5.74, 6) is -3.26. The fourth-order valence-electron chi connectivity index (χ4n) is 4.33. The lowest BCUT2D eigenvalue weighted by Gasteiger charge is -2.26. The Balaban J connectivity index is 1.85. The number of benzene rings is 1. The van der Waals surface area contributed by atoms with Crippen molar-refractivity contribution in [1.82, 2.24) is 14.9 Å². The summed E-state index contributed by atoms with van der Waals surface area (Å²) in [5, 5.41) is 2.57. The fraction of sp³-hybridized carbons (Fsp3) is 0.583. The van der Waals surface area contributed by atoms with Crippen LogP contribution in [0.3, 0.4) is 0 Å². The van der Waals surface area contributed by atoms with E-state index in [4.69, 9.17) is 11.6 Å². The van der Waals surface area contributed by atoms with Gasteiger partial charge in [0, 0.05) is 13.0 Å². The van der Waals surface area contributed by atoms with E-state index in [1.54, 1.807) is 6.92 Å². The Kier molecular flexibility index (Phi) is 8.26. The zero-order valence-electron chi connectivity index (χ0n) is 19.4. The van der Waals surface area contributed by atoms with Gasteiger partial charge in [-0.05, 0) is 48.8 Å². The van der Waals surface area contributed by atoms with Gasteiger partial charge < -0.3 is 5.32 Å². The number of imidazole rings is 1. The number of rotatable bonds is 7. The highest BCUT2D eigenvalue weighted by Crippen LogP contribution is 2.32. The van der Waals surface area contributed by atoms with Crippen LogP contribution in [0.25, 0.3) is 5.69 Å². The molecule has 1 saturated carbocycles. The summed E-state index contributed by atoms with van der Waals surface area (Å²) >= 11 is 6.36. The highest BCUT2D eigenvalue weighted by molar-refractivity contribution is 6.32. The molecule has 1 heterocycles. The molecule has 0 bridgehead atoms. The lowest BCUT2D eigenvalue weighted by Crippen LogP contribution is -2.31. The molecule has 0 spiro atoms.